The Morgan fingerprint density at radius 3 is 1.67 bits per heavy atom. The van der Waals surface area contributed by atoms with Crippen LogP contribution >= 0.6 is 0 Å². The number of rotatable bonds is 3. The van der Waals surface area contributed by atoms with Crippen LogP contribution < -0.4 is 0 Å². The third kappa shape index (κ3) is 4.05. The van der Waals surface area contributed by atoms with Crippen LogP contribution in [0.5, 0.6) is 0 Å². The fraction of sp³-hybridized carbons (Fsp3) is 0.0588. The average molecular weight is 663 g/mol. The summed E-state index contributed by atoms with van der Waals surface area (Å²) in [6.45, 7) is 4.72. The first-order chi connectivity index (χ1) is 25.6. The molecule has 0 fully saturated rings. The highest BCUT2D eigenvalue weighted by atomic mass is 16.3. The van der Waals surface area contributed by atoms with Crippen molar-refractivity contribution in [3.05, 3.63) is 181 Å². The van der Waals surface area contributed by atoms with E-state index in [0.717, 1.165) is 16.6 Å². The Balaban J connectivity index is 1.13. The Bertz CT molecular complexity index is 3030. The molecule has 0 unspecified atom stereocenters. The van der Waals surface area contributed by atoms with Gasteiger partial charge >= 0.3 is 0 Å². The minimum atomic E-state index is -0.133. The number of para-hydroxylation sites is 1. The largest absolute Gasteiger partial charge is 0.455 e. The summed E-state index contributed by atoms with van der Waals surface area (Å²) in [4.78, 5) is 0. The van der Waals surface area contributed by atoms with Crippen LogP contribution in [0.2, 0.25) is 0 Å². The van der Waals surface area contributed by atoms with Crippen LogP contribution in [0.1, 0.15) is 25.0 Å². The van der Waals surface area contributed by atoms with E-state index < -0.39 is 0 Å². The van der Waals surface area contributed by atoms with Crippen molar-refractivity contribution in [2.45, 2.75) is 19.3 Å². The highest BCUT2D eigenvalue weighted by molar-refractivity contribution is 6.22. The van der Waals surface area contributed by atoms with E-state index in [1.165, 1.54) is 93.3 Å². The van der Waals surface area contributed by atoms with Crippen molar-refractivity contribution < 1.29 is 4.42 Å². The van der Waals surface area contributed by atoms with E-state index in [1.807, 2.05) is 0 Å². The normalized spacial score (nSPS) is 13.3. The first-order valence-electron chi connectivity index (χ1n) is 18.2. The maximum atomic E-state index is 6.66. The van der Waals surface area contributed by atoms with E-state index in [2.05, 4.69) is 184 Å². The molecule has 11 rings (SSSR count). The van der Waals surface area contributed by atoms with Gasteiger partial charge in [0, 0.05) is 21.6 Å². The van der Waals surface area contributed by atoms with E-state index in [9.17, 15) is 0 Å². The van der Waals surface area contributed by atoms with Crippen molar-refractivity contribution in [1.29, 1.82) is 0 Å². The van der Waals surface area contributed by atoms with Crippen molar-refractivity contribution in [3.63, 3.8) is 0 Å². The molecule has 9 aromatic carbocycles. The molecule has 0 amide bonds. The number of fused-ring (bicyclic) bond motifs is 11. The first kappa shape index (κ1) is 29.3. The van der Waals surface area contributed by atoms with Crippen LogP contribution in [0.4, 0.5) is 0 Å². The summed E-state index contributed by atoms with van der Waals surface area (Å²) in [7, 11) is 0. The van der Waals surface area contributed by atoms with Gasteiger partial charge in [-0.15, -0.1) is 0 Å². The molecule has 0 spiro atoms. The molecule has 0 atom stereocenters. The molecule has 244 valence electrons. The van der Waals surface area contributed by atoms with Crippen molar-refractivity contribution in [2.75, 3.05) is 0 Å². The van der Waals surface area contributed by atoms with Gasteiger partial charge in [-0.05, 0) is 107 Å². The summed E-state index contributed by atoms with van der Waals surface area (Å²) in [6, 6.07) is 62.3. The van der Waals surface area contributed by atoms with E-state index >= 15 is 0 Å². The van der Waals surface area contributed by atoms with Crippen LogP contribution in [0, 0.1) is 0 Å². The Morgan fingerprint density at radius 2 is 0.942 bits per heavy atom. The van der Waals surface area contributed by atoms with Gasteiger partial charge in [-0.3, -0.25) is 0 Å². The summed E-state index contributed by atoms with van der Waals surface area (Å²) >= 11 is 0. The minimum Gasteiger partial charge on any atom is -0.455 e. The molecule has 1 nitrogen and oxygen atoms in total. The van der Waals surface area contributed by atoms with Crippen LogP contribution in [0.3, 0.4) is 0 Å². The van der Waals surface area contributed by atoms with Crippen LogP contribution in [-0.4, -0.2) is 0 Å². The lowest BCUT2D eigenvalue weighted by atomic mass is 9.81. The summed E-state index contributed by atoms with van der Waals surface area (Å²) in [6.07, 6.45) is 0. The molecular formula is C51H34O. The zero-order valence-electron chi connectivity index (χ0n) is 29.1. The molecule has 1 heteroatoms. The predicted molar refractivity (Wildman–Crippen MR) is 220 cm³/mol. The molecule has 0 radical (unpaired) electrons. The highest BCUT2D eigenvalue weighted by Crippen LogP contribution is 2.54. The summed E-state index contributed by atoms with van der Waals surface area (Å²) < 4.78 is 6.66. The lowest BCUT2D eigenvalue weighted by molar-refractivity contribution is 0.660. The molecule has 0 saturated heterocycles. The quantitative estimate of drug-likeness (QED) is 0.172. The number of furan rings is 1. The molecule has 52 heavy (non-hydrogen) atoms. The fourth-order valence-corrected chi connectivity index (χ4v) is 9.22. The standard InChI is InChI=1S/C51H34O/c1-51(2)43-27-25-34(30-42(43)49-44(51)28-24-32-23-26-41-36-17-10-11-22-45(36)52-50(41)48(32)49)33-15-12-16-35(29-33)47-39-20-8-6-18-37(39)46(31-13-4-3-5-14-31)38-19-7-9-21-40(38)47/h3-30H,1-2H3. The average Bonchev–Trinajstić information content (AvgIpc) is 3.69. The molecule has 1 aliphatic carbocycles. The third-order valence-corrected chi connectivity index (χ3v) is 11.6. The van der Waals surface area contributed by atoms with Crippen molar-refractivity contribution in [2.24, 2.45) is 0 Å². The number of hydrogen-bond donors (Lipinski definition) is 0. The molecule has 0 aliphatic heterocycles. The Morgan fingerprint density at radius 1 is 0.385 bits per heavy atom. The molecule has 1 heterocycles. The SMILES string of the molecule is CC1(C)c2ccc(-c3cccc(-c4c5ccccc5c(-c5ccccc5)c5ccccc45)c3)cc2-c2c1ccc1ccc3c4ccccc4oc3c21. The Labute approximate surface area is 302 Å². The molecule has 1 aliphatic rings. The zero-order valence-corrected chi connectivity index (χ0v) is 29.1. The third-order valence-electron chi connectivity index (χ3n) is 11.6. The first-order valence-corrected chi connectivity index (χ1v) is 18.2. The lowest BCUT2D eigenvalue weighted by Crippen LogP contribution is -2.14. The predicted octanol–water partition coefficient (Wildman–Crippen LogP) is 14.4. The second-order valence-electron chi connectivity index (χ2n) is 14.8. The van der Waals surface area contributed by atoms with Crippen LogP contribution in [0.15, 0.2) is 174 Å². The van der Waals surface area contributed by atoms with Crippen LogP contribution in [-0.2, 0) is 5.41 Å². The maximum Gasteiger partial charge on any atom is 0.143 e. The van der Waals surface area contributed by atoms with E-state index in [0.29, 0.717) is 0 Å². The number of benzene rings is 9. The molecule has 0 N–H and O–H groups in total. The molecule has 1 aromatic heterocycles. The van der Waals surface area contributed by atoms with Gasteiger partial charge in [-0.2, -0.15) is 0 Å². The van der Waals surface area contributed by atoms with Crippen molar-refractivity contribution >= 4 is 54.3 Å². The monoisotopic (exact) mass is 662 g/mol. The molecule has 10 aromatic rings. The van der Waals surface area contributed by atoms with Gasteiger partial charge < -0.3 is 4.42 Å². The fourth-order valence-electron chi connectivity index (χ4n) is 9.22. The van der Waals surface area contributed by atoms with Gasteiger partial charge in [0.2, 0.25) is 0 Å². The van der Waals surface area contributed by atoms with Gasteiger partial charge in [-0.25, -0.2) is 0 Å². The summed E-state index contributed by atoms with van der Waals surface area (Å²) in [5.41, 5.74) is 14.5. The zero-order chi connectivity index (χ0) is 34.6. The van der Waals surface area contributed by atoms with Gasteiger partial charge in [0.05, 0.1) is 0 Å². The Kier molecular flexibility index (Phi) is 6.08. The van der Waals surface area contributed by atoms with Crippen LogP contribution in [0.25, 0.3) is 98.8 Å². The topological polar surface area (TPSA) is 13.1 Å². The van der Waals surface area contributed by atoms with E-state index in [-0.39, 0.29) is 5.41 Å². The van der Waals surface area contributed by atoms with E-state index in [1.54, 1.807) is 0 Å². The minimum absolute atomic E-state index is 0.133. The smallest absolute Gasteiger partial charge is 0.143 e. The number of hydrogen-bond acceptors (Lipinski definition) is 1. The van der Waals surface area contributed by atoms with Crippen molar-refractivity contribution in [1.82, 2.24) is 0 Å². The molecule has 0 saturated carbocycles. The highest BCUT2D eigenvalue weighted by Gasteiger charge is 2.37. The lowest BCUT2D eigenvalue weighted by Gasteiger charge is -2.21. The maximum absolute atomic E-state index is 6.66. The van der Waals surface area contributed by atoms with Gasteiger partial charge in [0.25, 0.3) is 0 Å². The molecule has 0 bridgehead atoms. The summed E-state index contributed by atoms with van der Waals surface area (Å²) in [5.74, 6) is 0. The molecular weight excluding hydrogens is 629 g/mol. The van der Waals surface area contributed by atoms with Crippen molar-refractivity contribution in [3.8, 4) is 44.5 Å². The Hall–Kier alpha value is -6.44. The summed E-state index contributed by atoms with van der Waals surface area (Å²) in [5, 5.41) is 9.83. The second kappa shape index (κ2) is 10.8. The van der Waals surface area contributed by atoms with E-state index in [4.69, 9.17) is 4.42 Å². The van der Waals surface area contributed by atoms with Gasteiger partial charge in [0.1, 0.15) is 11.2 Å². The second-order valence-corrected chi connectivity index (χ2v) is 14.8. The van der Waals surface area contributed by atoms with Gasteiger partial charge in [-0.1, -0.05) is 159 Å². The van der Waals surface area contributed by atoms with Gasteiger partial charge in [0.15, 0.2) is 0 Å².